The minimum absolute atomic E-state index is 0.0833. The van der Waals surface area contributed by atoms with Crippen LogP contribution in [0.15, 0.2) is 65.2 Å². The summed E-state index contributed by atoms with van der Waals surface area (Å²) < 4.78 is 10.9. The molecule has 1 atom stereocenters. The quantitative estimate of drug-likeness (QED) is 0.640. The maximum atomic E-state index is 12.4. The highest BCUT2D eigenvalue weighted by Crippen LogP contribution is 2.20. The molecule has 0 bridgehead atoms. The first-order chi connectivity index (χ1) is 13.2. The van der Waals surface area contributed by atoms with Crippen molar-refractivity contribution in [1.82, 2.24) is 10.5 Å². The van der Waals surface area contributed by atoms with E-state index in [4.69, 9.17) is 14.4 Å². The van der Waals surface area contributed by atoms with Crippen LogP contribution in [0, 0.1) is 6.92 Å². The van der Waals surface area contributed by atoms with Crippen LogP contribution in [-0.4, -0.2) is 35.9 Å². The standard InChI is InChI=1S/C21H22N2O4/c1-15-7-9-17(10-8-15)20(26-12-11-24)14-22-21(25)18-13-19(27-23-18)16-5-3-2-4-6-16/h2-10,13,20,24H,11-12,14H2,1H3,(H,22,25)/t20-/m1/s1. The Kier molecular flexibility index (Phi) is 6.35. The fourth-order valence-electron chi connectivity index (χ4n) is 2.65. The number of benzene rings is 2. The predicted octanol–water partition coefficient (Wildman–Crippen LogP) is 3.13. The molecule has 0 radical (unpaired) electrons. The molecule has 0 unspecified atom stereocenters. The number of nitrogens with one attached hydrogen (secondary N) is 1. The Balaban J connectivity index is 1.65. The molecule has 1 aromatic heterocycles. The van der Waals surface area contributed by atoms with Crippen LogP contribution >= 0.6 is 0 Å². The monoisotopic (exact) mass is 366 g/mol. The van der Waals surface area contributed by atoms with Gasteiger partial charge in [-0.25, -0.2) is 0 Å². The third-order valence-electron chi connectivity index (χ3n) is 4.11. The number of nitrogens with zero attached hydrogens (tertiary/aromatic N) is 1. The molecule has 0 aliphatic rings. The SMILES string of the molecule is Cc1ccc([C@@H](CNC(=O)c2cc(-c3ccccc3)on2)OCCO)cc1. The Morgan fingerprint density at radius 1 is 1.19 bits per heavy atom. The van der Waals surface area contributed by atoms with E-state index in [9.17, 15) is 4.79 Å². The van der Waals surface area contributed by atoms with Gasteiger partial charge in [0.2, 0.25) is 0 Å². The Morgan fingerprint density at radius 3 is 2.63 bits per heavy atom. The van der Waals surface area contributed by atoms with Crippen LogP contribution in [0.25, 0.3) is 11.3 Å². The average Bonchev–Trinajstić information content (AvgIpc) is 3.20. The second-order valence-corrected chi connectivity index (χ2v) is 6.15. The van der Waals surface area contributed by atoms with Crippen molar-refractivity contribution in [3.05, 3.63) is 77.5 Å². The number of hydrogen-bond acceptors (Lipinski definition) is 5. The van der Waals surface area contributed by atoms with Gasteiger partial charge in [0.15, 0.2) is 11.5 Å². The molecule has 3 aromatic rings. The van der Waals surface area contributed by atoms with Crippen LogP contribution in [0.5, 0.6) is 0 Å². The van der Waals surface area contributed by atoms with E-state index in [1.54, 1.807) is 6.07 Å². The maximum Gasteiger partial charge on any atom is 0.273 e. The summed E-state index contributed by atoms with van der Waals surface area (Å²) in [4.78, 5) is 12.4. The molecule has 27 heavy (non-hydrogen) atoms. The summed E-state index contributed by atoms with van der Waals surface area (Å²) in [6, 6.07) is 18.9. The Morgan fingerprint density at radius 2 is 1.93 bits per heavy atom. The van der Waals surface area contributed by atoms with Gasteiger partial charge >= 0.3 is 0 Å². The molecular weight excluding hydrogens is 344 g/mol. The van der Waals surface area contributed by atoms with E-state index in [1.165, 1.54) is 0 Å². The van der Waals surface area contributed by atoms with Crippen molar-refractivity contribution in [1.29, 1.82) is 0 Å². The van der Waals surface area contributed by atoms with Crippen molar-refractivity contribution in [2.24, 2.45) is 0 Å². The molecular formula is C21H22N2O4. The number of carbonyl (C=O) groups excluding carboxylic acids is 1. The van der Waals surface area contributed by atoms with Crippen LogP contribution in [0.4, 0.5) is 0 Å². The minimum Gasteiger partial charge on any atom is -0.394 e. The van der Waals surface area contributed by atoms with Crippen LogP contribution in [0.1, 0.15) is 27.7 Å². The topological polar surface area (TPSA) is 84.6 Å². The van der Waals surface area contributed by atoms with Crippen molar-refractivity contribution in [2.45, 2.75) is 13.0 Å². The van der Waals surface area contributed by atoms with E-state index in [0.29, 0.717) is 5.76 Å². The molecule has 0 aliphatic heterocycles. The number of aliphatic hydroxyl groups excluding tert-OH is 1. The summed E-state index contributed by atoms with van der Waals surface area (Å²) in [6.07, 6.45) is -0.359. The molecule has 0 saturated heterocycles. The lowest BCUT2D eigenvalue weighted by molar-refractivity contribution is 0.0276. The van der Waals surface area contributed by atoms with Crippen LogP contribution in [0.2, 0.25) is 0 Å². The summed E-state index contributed by atoms with van der Waals surface area (Å²) in [5, 5.41) is 15.7. The number of hydrogen-bond donors (Lipinski definition) is 2. The Labute approximate surface area is 157 Å². The van der Waals surface area contributed by atoms with Crippen LogP contribution < -0.4 is 5.32 Å². The van der Waals surface area contributed by atoms with Crippen molar-refractivity contribution in [3.63, 3.8) is 0 Å². The molecule has 2 aromatic carbocycles. The number of ether oxygens (including phenoxy) is 1. The minimum atomic E-state index is -0.359. The highest BCUT2D eigenvalue weighted by Gasteiger charge is 2.17. The van der Waals surface area contributed by atoms with Crippen molar-refractivity contribution < 1.29 is 19.2 Å². The summed E-state index contributed by atoms with van der Waals surface area (Å²) in [6.45, 7) is 2.37. The molecule has 1 heterocycles. The van der Waals surface area contributed by atoms with Gasteiger partial charge < -0.3 is 19.7 Å². The van der Waals surface area contributed by atoms with Crippen LogP contribution in [0.3, 0.4) is 0 Å². The number of rotatable bonds is 8. The molecule has 0 saturated carbocycles. The van der Waals surface area contributed by atoms with E-state index in [1.807, 2.05) is 61.5 Å². The maximum absolute atomic E-state index is 12.4. The first-order valence-corrected chi connectivity index (χ1v) is 8.76. The normalized spacial score (nSPS) is 11.9. The van der Waals surface area contributed by atoms with Gasteiger partial charge in [0.1, 0.15) is 0 Å². The zero-order chi connectivity index (χ0) is 19.1. The highest BCUT2D eigenvalue weighted by molar-refractivity contribution is 5.93. The lowest BCUT2D eigenvalue weighted by Gasteiger charge is -2.18. The summed E-state index contributed by atoms with van der Waals surface area (Å²) in [5.41, 5.74) is 3.13. The van der Waals surface area contributed by atoms with Crippen LogP contribution in [-0.2, 0) is 4.74 Å². The summed E-state index contributed by atoms with van der Waals surface area (Å²) >= 11 is 0. The molecule has 0 aliphatic carbocycles. The molecule has 0 fully saturated rings. The first kappa shape index (κ1) is 18.8. The molecule has 2 N–H and O–H groups in total. The van der Waals surface area contributed by atoms with Gasteiger partial charge in [-0.1, -0.05) is 65.3 Å². The Bertz CT molecular complexity index is 859. The number of carbonyl (C=O) groups is 1. The number of aliphatic hydroxyl groups is 1. The van der Waals surface area contributed by atoms with Crippen molar-refractivity contribution >= 4 is 5.91 Å². The lowest BCUT2D eigenvalue weighted by Crippen LogP contribution is -2.30. The van der Waals surface area contributed by atoms with E-state index in [2.05, 4.69) is 10.5 Å². The van der Waals surface area contributed by atoms with Gasteiger partial charge in [0, 0.05) is 18.2 Å². The first-order valence-electron chi connectivity index (χ1n) is 8.76. The molecule has 1 amide bonds. The van der Waals surface area contributed by atoms with E-state index in [0.717, 1.165) is 16.7 Å². The van der Waals surface area contributed by atoms with Gasteiger partial charge in [-0.15, -0.1) is 0 Å². The molecule has 0 spiro atoms. The van der Waals surface area contributed by atoms with Crippen molar-refractivity contribution in [2.75, 3.05) is 19.8 Å². The van der Waals surface area contributed by atoms with Gasteiger partial charge in [-0.2, -0.15) is 0 Å². The second-order valence-electron chi connectivity index (χ2n) is 6.15. The highest BCUT2D eigenvalue weighted by atomic mass is 16.5. The smallest absolute Gasteiger partial charge is 0.273 e. The van der Waals surface area contributed by atoms with E-state index in [-0.39, 0.29) is 37.5 Å². The molecule has 6 nitrogen and oxygen atoms in total. The van der Waals surface area contributed by atoms with Crippen molar-refractivity contribution in [3.8, 4) is 11.3 Å². The number of aromatic nitrogens is 1. The van der Waals surface area contributed by atoms with E-state index >= 15 is 0 Å². The van der Waals surface area contributed by atoms with E-state index < -0.39 is 0 Å². The molecule has 140 valence electrons. The molecule has 6 heteroatoms. The fraction of sp³-hybridized carbons (Fsp3) is 0.238. The third kappa shape index (κ3) is 5.03. The molecule has 3 rings (SSSR count). The number of aryl methyl sites for hydroxylation is 1. The zero-order valence-electron chi connectivity index (χ0n) is 15.1. The Hall–Kier alpha value is -2.96. The third-order valence-corrected chi connectivity index (χ3v) is 4.11. The second kappa shape index (κ2) is 9.12. The zero-order valence-corrected chi connectivity index (χ0v) is 15.1. The largest absolute Gasteiger partial charge is 0.394 e. The predicted molar refractivity (Wildman–Crippen MR) is 101 cm³/mol. The van der Waals surface area contributed by atoms with Gasteiger partial charge in [-0.05, 0) is 12.5 Å². The number of amides is 1. The van der Waals surface area contributed by atoms with Gasteiger partial charge in [0.05, 0.1) is 19.3 Å². The van der Waals surface area contributed by atoms with Gasteiger partial charge in [-0.3, -0.25) is 4.79 Å². The summed E-state index contributed by atoms with van der Waals surface area (Å²) in [5.74, 6) is 0.193. The fourth-order valence-corrected chi connectivity index (χ4v) is 2.65. The van der Waals surface area contributed by atoms with Gasteiger partial charge in [0.25, 0.3) is 5.91 Å². The lowest BCUT2D eigenvalue weighted by atomic mass is 10.1. The summed E-state index contributed by atoms with van der Waals surface area (Å²) in [7, 11) is 0. The average molecular weight is 366 g/mol.